The van der Waals surface area contributed by atoms with Crippen LogP contribution < -0.4 is 0 Å². The second-order valence-electron chi connectivity index (χ2n) is 3.50. The summed E-state index contributed by atoms with van der Waals surface area (Å²) in [6.45, 7) is 2.04. The molecule has 76 valence electrons. The Bertz CT molecular complexity index is 288. The first-order valence-corrected chi connectivity index (χ1v) is 5.67. The van der Waals surface area contributed by atoms with Crippen LogP contribution in [-0.4, -0.2) is 12.0 Å². The fourth-order valence-corrected chi connectivity index (χ4v) is 2.08. The van der Waals surface area contributed by atoms with E-state index in [-0.39, 0.29) is 0 Å². The second-order valence-corrected chi connectivity index (χ2v) is 3.95. The smallest absolute Gasteiger partial charge is 0.0994 e. The Kier molecular flexibility index (Phi) is 4.21. The molecule has 0 aromatic carbocycles. The van der Waals surface area contributed by atoms with Crippen LogP contribution in [0.5, 0.6) is 0 Å². The van der Waals surface area contributed by atoms with Gasteiger partial charge in [0.1, 0.15) is 0 Å². The van der Waals surface area contributed by atoms with Gasteiger partial charge in [0.05, 0.1) is 17.2 Å². The van der Waals surface area contributed by atoms with Gasteiger partial charge in [-0.3, -0.25) is 4.99 Å². The lowest BCUT2D eigenvalue weighted by atomic mass is 9.79. The van der Waals surface area contributed by atoms with E-state index in [2.05, 4.69) is 29.8 Å². The predicted molar refractivity (Wildman–Crippen MR) is 62.6 cm³/mol. The van der Waals surface area contributed by atoms with Crippen molar-refractivity contribution >= 4 is 18.8 Å². The van der Waals surface area contributed by atoms with E-state index < -0.39 is 5.41 Å². The summed E-state index contributed by atoms with van der Waals surface area (Å²) in [5.41, 5.74) is 0.543. The van der Waals surface area contributed by atoms with Gasteiger partial charge in [0.2, 0.25) is 0 Å². The van der Waals surface area contributed by atoms with Crippen LogP contribution in [0.1, 0.15) is 32.6 Å². The van der Waals surface area contributed by atoms with E-state index in [9.17, 15) is 5.26 Å². The lowest BCUT2D eigenvalue weighted by Crippen LogP contribution is -2.21. The van der Waals surface area contributed by atoms with Crippen molar-refractivity contribution in [2.24, 2.45) is 10.4 Å². The van der Waals surface area contributed by atoms with Crippen molar-refractivity contribution in [2.75, 3.05) is 5.75 Å². The standard InChI is InChI=1S/C11H16N2S/c1-2-11(9-12,6-8-14)10-5-3-4-7-13-10/h5,7,14H,2-4,6,8H2,1H3. The van der Waals surface area contributed by atoms with E-state index in [1.54, 1.807) is 0 Å². The topological polar surface area (TPSA) is 36.1 Å². The third kappa shape index (κ3) is 2.19. The van der Waals surface area contributed by atoms with Crippen molar-refractivity contribution in [1.29, 1.82) is 5.26 Å². The fraction of sp³-hybridized carbons (Fsp3) is 0.636. The largest absolute Gasteiger partial charge is 0.264 e. The van der Waals surface area contributed by atoms with Crippen LogP contribution >= 0.6 is 12.6 Å². The van der Waals surface area contributed by atoms with E-state index >= 15 is 0 Å². The maximum Gasteiger partial charge on any atom is 0.0994 e. The summed E-state index contributed by atoms with van der Waals surface area (Å²) in [6, 6.07) is 2.40. The zero-order valence-corrected chi connectivity index (χ0v) is 9.43. The molecule has 1 atom stereocenters. The van der Waals surface area contributed by atoms with Crippen LogP contribution in [0.15, 0.2) is 16.8 Å². The zero-order chi connectivity index (χ0) is 10.4. The van der Waals surface area contributed by atoms with Crippen molar-refractivity contribution in [2.45, 2.75) is 32.6 Å². The van der Waals surface area contributed by atoms with Crippen LogP contribution in [0.3, 0.4) is 0 Å². The molecule has 1 aliphatic heterocycles. The summed E-state index contributed by atoms with van der Waals surface area (Å²) >= 11 is 4.21. The van der Waals surface area contributed by atoms with Gasteiger partial charge in [-0.15, -0.1) is 0 Å². The lowest BCUT2D eigenvalue weighted by molar-refractivity contribution is 0.437. The quantitative estimate of drug-likeness (QED) is 0.708. The SMILES string of the molecule is CCC(C#N)(CCS)C1=CCCC=N1. The van der Waals surface area contributed by atoms with Gasteiger partial charge in [0, 0.05) is 6.21 Å². The lowest BCUT2D eigenvalue weighted by Gasteiger charge is -2.26. The van der Waals surface area contributed by atoms with Gasteiger partial charge in [-0.2, -0.15) is 17.9 Å². The molecule has 0 saturated carbocycles. The van der Waals surface area contributed by atoms with Crippen molar-refractivity contribution in [3.63, 3.8) is 0 Å². The van der Waals surface area contributed by atoms with Gasteiger partial charge in [0.15, 0.2) is 0 Å². The molecule has 0 aromatic rings. The molecule has 1 aliphatic rings. The fourth-order valence-electron chi connectivity index (χ4n) is 1.70. The van der Waals surface area contributed by atoms with Crippen LogP contribution in [0.2, 0.25) is 0 Å². The van der Waals surface area contributed by atoms with Crippen LogP contribution in [0.25, 0.3) is 0 Å². The van der Waals surface area contributed by atoms with E-state index in [1.807, 2.05) is 13.1 Å². The molecule has 0 spiro atoms. The van der Waals surface area contributed by atoms with Crippen LogP contribution in [0.4, 0.5) is 0 Å². The van der Waals surface area contributed by atoms with Crippen molar-refractivity contribution in [1.82, 2.24) is 0 Å². The van der Waals surface area contributed by atoms with Gasteiger partial charge in [-0.1, -0.05) is 13.0 Å². The first-order chi connectivity index (χ1) is 6.79. The minimum atomic E-state index is -0.404. The third-order valence-corrected chi connectivity index (χ3v) is 2.93. The Morgan fingerprint density at radius 1 is 1.64 bits per heavy atom. The Morgan fingerprint density at radius 2 is 2.43 bits per heavy atom. The summed E-state index contributed by atoms with van der Waals surface area (Å²) in [6.07, 6.45) is 7.61. The number of rotatable bonds is 4. The number of thiol groups is 1. The number of aliphatic imine (C=N–C) groups is 1. The summed E-state index contributed by atoms with van der Waals surface area (Å²) in [4.78, 5) is 4.34. The molecular weight excluding hydrogens is 192 g/mol. The molecule has 0 fully saturated rings. The van der Waals surface area contributed by atoms with E-state index in [0.29, 0.717) is 0 Å². The summed E-state index contributed by atoms with van der Waals surface area (Å²) < 4.78 is 0. The number of hydrogen-bond acceptors (Lipinski definition) is 3. The molecule has 0 aliphatic carbocycles. The van der Waals surface area contributed by atoms with Crippen LogP contribution in [-0.2, 0) is 0 Å². The molecule has 14 heavy (non-hydrogen) atoms. The van der Waals surface area contributed by atoms with E-state index in [0.717, 1.165) is 37.1 Å². The highest BCUT2D eigenvalue weighted by Crippen LogP contribution is 2.36. The highest BCUT2D eigenvalue weighted by Gasteiger charge is 2.32. The number of allylic oxidation sites excluding steroid dienone is 2. The first-order valence-electron chi connectivity index (χ1n) is 5.04. The summed E-state index contributed by atoms with van der Waals surface area (Å²) in [5, 5.41) is 9.26. The molecule has 0 radical (unpaired) electrons. The molecule has 0 bridgehead atoms. The van der Waals surface area contributed by atoms with Crippen molar-refractivity contribution in [3.8, 4) is 6.07 Å². The second kappa shape index (κ2) is 5.21. The molecular formula is C11H16N2S. The molecule has 2 nitrogen and oxygen atoms in total. The third-order valence-electron chi connectivity index (χ3n) is 2.71. The summed E-state index contributed by atoms with van der Waals surface area (Å²) in [5.74, 6) is 0.730. The Hall–Kier alpha value is -0.750. The molecule has 1 heterocycles. The van der Waals surface area contributed by atoms with Gasteiger partial charge in [0.25, 0.3) is 0 Å². The first kappa shape index (κ1) is 11.3. The highest BCUT2D eigenvalue weighted by atomic mass is 32.1. The molecule has 0 saturated heterocycles. The minimum Gasteiger partial charge on any atom is -0.264 e. The molecule has 0 aromatic heterocycles. The average molecular weight is 208 g/mol. The Labute approximate surface area is 91.1 Å². The maximum absolute atomic E-state index is 9.26. The number of nitriles is 1. The van der Waals surface area contributed by atoms with Crippen LogP contribution in [0, 0.1) is 16.7 Å². The molecule has 0 N–H and O–H groups in total. The normalized spacial score (nSPS) is 19.6. The Balaban J connectivity index is 2.92. The van der Waals surface area contributed by atoms with Crippen molar-refractivity contribution in [3.05, 3.63) is 11.8 Å². The number of hydrogen-bond donors (Lipinski definition) is 1. The maximum atomic E-state index is 9.26. The molecule has 3 heteroatoms. The minimum absolute atomic E-state index is 0.404. The number of nitrogens with zero attached hydrogens (tertiary/aromatic N) is 2. The molecule has 1 rings (SSSR count). The van der Waals surface area contributed by atoms with Gasteiger partial charge in [-0.05, 0) is 31.4 Å². The highest BCUT2D eigenvalue weighted by molar-refractivity contribution is 7.80. The zero-order valence-electron chi connectivity index (χ0n) is 8.53. The van der Waals surface area contributed by atoms with E-state index in [4.69, 9.17) is 0 Å². The average Bonchev–Trinajstić information content (AvgIpc) is 2.27. The predicted octanol–water partition coefficient (Wildman–Crippen LogP) is 2.97. The van der Waals surface area contributed by atoms with Gasteiger partial charge in [-0.25, -0.2) is 0 Å². The monoisotopic (exact) mass is 208 g/mol. The molecule has 1 unspecified atom stereocenters. The van der Waals surface area contributed by atoms with Gasteiger partial charge < -0.3 is 0 Å². The Morgan fingerprint density at radius 3 is 2.86 bits per heavy atom. The summed E-state index contributed by atoms with van der Waals surface area (Å²) in [7, 11) is 0. The van der Waals surface area contributed by atoms with Crippen molar-refractivity contribution < 1.29 is 0 Å². The van der Waals surface area contributed by atoms with Gasteiger partial charge >= 0.3 is 0 Å². The van der Waals surface area contributed by atoms with E-state index in [1.165, 1.54) is 0 Å². The molecule has 0 amide bonds.